The van der Waals surface area contributed by atoms with Gasteiger partial charge in [0, 0.05) is 17.8 Å². The quantitative estimate of drug-likeness (QED) is 0.518. The summed E-state index contributed by atoms with van der Waals surface area (Å²) in [5.74, 6) is 1.57. The first kappa shape index (κ1) is 22.2. The van der Waals surface area contributed by atoms with Crippen molar-refractivity contribution >= 4 is 35.0 Å². The summed E-state index contributed by atoms with van der Waals surface area (Å²) in [5.41, 5.74) is 5.07. The molecular formula is C22H25ClN4O2S. The molecule has 8 heteroatoms. The summed E-state index contributed by atoms with van der Waals surface area (Å²) in [6.07, 6.45) is 0. The Hall–Kier alpha value is -2.51. The highest BCUT2D eigenvalue weighted by atomic mass is 35.5. The normalized spacial score (nSPS) is 10.9. The molecule has 2 aromatic carbocycles. The summed E-state index contributed by atoms with van der Waals surface area (Å²) in [5, 5.41) is 12.7. The second-order valence-electron chi connectivity index (χ2n) is 7.25. The fourth-order valence-electron chi connectivity index (χ4n) is 2.88. The molecule has 30 heavy (non-hydrogen) atoms. The number of hydrogen-bond donors (Lipinski definition) is 1. The second-order valence-corrected chi connectivity index (χ2v) is 8.57. The van der Waals surface area contributed by atoms with E-state index in [-0.39, 0.29) is 18.3 Å². The first-order chi connectivity index (χ1) is 14.2. The van der Waals surface area contributed by atoms with Gasteiger partial charge >= 0.3 is 0 Å². The van der Waals surface area contributed by atoms with Crippen molar-refractivity contribution in [3.63, 3.8) is 0 Å². The molecule has 1 N–H and O–H groups in total. The van der Waals surface area contributed by atoms with Gasteiger partial charge < -0.3 is 14.6 Å². The number of thioether (sulfide) groups is 1. The van der Waals surface area contributed by atoms with Crippen LogP contribution in [0.1, 0.15) is 28.1 Å². The van der Waals surface area contributed by atoms with Gasteiger partial charge in [-0.15, -0.1) is 10.2 Å². The van der Waals surface area contributed by atoms with Gasteiger partial charge in [0.05, 0.1) is 5.75 Å². The van der Waals surface area contributed by atoms with Crippen LogP contribution in [0.4, 0.5) is 5.69 Å². The van der Waals surface area contributed by atoms with E-state index in [1.54, 1.807) is 0 Å². The molecule has 0 saturated heterocycles. The molecule has 1 amide bonds. The van der Waals surface area contributed by atoms with Gasteiger partial charge in [0.1, 0.15) is 12.4 Å². The number of nitrogens with one attached hydrogen (secondary N) is 1. The van der Waals surface area contributed by atoms with Crippen LogP contribution >= 0.6 is 23.4 Å². The molecule has 0 fully saturated rings. The molecule has 0 spiro atoms. The van der Waals surface area contributed by atoms with Crippen molar-refractivity contribution in [2.75, 3.05) is 11.1 Å². The Morgan fingerprint density at radius 2 is 1.77 bits per heavy atom. The fourth-order valence-corrected chi connectivity index (χ4v) is 3.72. The third-order valence-corrected chi connectivity index (χ3v) is 6.44. The van der Waals surface area contributed by atoms with Gasteiger partial charge in [0.15, 0.2) is 11.0 Å². The van der Waals surface area contributed by atoms with E-state index in [0.29, 0.717) is 11.0 Å². The number of benzene rings is 2. The maximum Gasteiger partial charge on any atom is 0.234 e. The van der Waals surface area contributed by atoms with Crippen LogP contribution in [0.15, 0.2) is 35.5 Å². The number of anilines is 1. The topological polar surface area (TPSA) is 69.0 Å². The van der Waals surface area contributed by atoms with Crippen LogP contribution in [0.2, 0.25) is 5.02 Å². The Morgan fingerprint density at radius 1 is 1.07 bits per heavy atom. The molecule has 0 aliphatic rings. The summed E-state index contributed by atoms with van der Waals surface area (Å²) in [6, 6.07) is 9.67. The lowest BCUT2D eigenvalue weighted by Gasteiger charge is -2.10. The fraction of sp³-hybridized carbons (Fsp3) is 0.318. The highest BCUT2D eigenvalue weighted by molar-refractivity contribution is 7.99. The van der Waals surface area contributed by atoms with Crippen molar-refractivity contribution in [3.05, 3.63) is 63.4 Å². The van der Waals surface area contributed by atoms with Gasteiger partial charge in [-0.1, -0.05) is 29.4 Å². The molecule has 0 aliphatic carbocycles. The second kappa shape index (κ2) is 9.53. The molecule has 0 bridgehead atoms. The van der Waals surface area contributed by atoms with Crippen molar-refractivity contribution in [2.24, 2.45) is 7.05 Å². The molecule has 0 aliphatic heterocycles. The third-order valence-electron chi connectivity index (χ3n) is 4.83. The number of rotatable bonds is 7. The lowest BCUT2D eigenvalue weighted by molar-refractivity contribution is -0.113. The third kappa shape index (κ3) is 5.34. The highest BCUT2D eigenvalue weighted by Crippen LogP contribution is 2.26. The van der Waals surface area contributed by atoms with Gasteiger partial charge in [-0.05, 0) is 74.2 Å². The zero-order valence-electron chi connectivity index (χ0n) is 17.7. The molecule has 6 nitrogen and oxygen atoms in total. The maximum absolute atomic E-state index is 12.3. The summed E-state index contributed by atoms with van der Waals surface area (Å²) in [6.45, 7) is 8.24. The van der Waals surface area contributed by atoms with Gasteiger partial charge in [0.25, 0.3) is 0 Å². The molecule has 0 atom stereocenters. The molecule has 158 valence electrons. The van der Waals surface area contributed by atoms with Crippen LogP contribution in [-0.2, 0) is 18.4 Å². The minimum absolute atomic E-state index is 0.0869. The van der Waals surface area contributed by atoms with Crippen molar-refractivity contribution in [1.29, 1.82) is 0 Å². The standard InChI is InChI=1S/C22H25ClN4O2S/c1-13-6-7-17(8-14(13)2)24-20(28)12-30-22-26-25-19(27(22)5)11-29-18-9-15(3)21(23)16(4)10-18/h6-10H,11-12H2,1-5H3,(H,24,28). The number of amides is 1. The number of hydrogen-bond acceptors (Lipinski definition) is 5. The SMILES string of the molecule is Cc1ccc(NC(=O)CSc2nnc(COc3cc(C)c(Cl)c(C)c3)n2C)cc1C. The van der Waals surface area contributed by atoms with Gasteiger partial charge in [-0.2, -0.15) is 0 Å². The average Bonchev–Trinajstić information content (AvgIpc) is 3.05. The zero-order valence-corrected chi connectivity index (χ0v) is 19.3. The van der Waals surface area contributed by atoms with Crippen LogP contribution in [0.3, 0.4) is 0 Å². The van der Waals surface area contributed by atoms with Gasteiger partial charge in [0.2, 0.25) is 5.91 Å². The summed E-state index contributed by atoms with van der Waals surface area (Å²) >= 11 is 7.54. The van der Waals surface area contributed by atoms with Crippen LogP contribution in [0.5, 0.6) is 5.75 Å². The van der Waals surface area contributed by atoms with Crippen molar-refractivity contribution < 1.29 is 9.53 Å². The Kier molecular flexibility index (Phi) is 7.05. The maximum atomic E-state index is 12.3. The van der Waals surface area contributed by atoms with Crippen molar-refractivity contribution in [3.8, 4) is 5.75 Å². The number of nitrogens with zero attached hydrogens (tertiary/aromatic N) is 3. The number of ether oxygens (including phenoxy) is 1. The van der Waals surface area contributed by atoms with E-state index in [2.05, 4.69) is 15.5 Å². The first-order valence-corrected chi connectivity index (χ1v) is 10.9. The lowest BCUT2D eigenvalue weighted by atomic mass is 10.1. The Morgan fingerprint density at radius 3 is 2.43 bits per heavy atom. The predicted molar refractivity (Wildman–Crippen MR) is 122 cm³/mol. The number of carbonyl (C=O) groups is 1. The minimum Gasteiger partial charge on any atom is -0.486 e. The number of halogens is 1. The predicted octanol–water partition coefficient (Wildman–Crippen LogP) is 5.01. The molecular weight excluding hydrogens is 420 g/mol. The molecule has 0 saturated carbocycles. The molecule has 1 aromatic heterocycles. The van der Waals surface area contributed by atoms with Crippen LogP contribution in [-0.4, -0.2) is 26.4 Å². The Labute approximate surface area is 186 Å². The Balaban J connectivity index is 1.56. The van der Waals surface area contributed by atoms with Gasteiger partial charge in [-0.3, -0.25) is 4.79 Å². The minimum atomic E-state index is -0.0869. The molecule has 3 aromatic rings. The van der Waals surface area contributed by atoms with Crippen molar-refractivity contribution in [2.45, 2.75) is 39.5 Å². The molecule has 0 unspecified atom stereocenters. The van der Waals surface area contributed by atoms with E-state index in [1.165, 1.54) is 17.3 Å². The van der Waals surface area contributed by atoms with Gasteiger partial charge in [-0.25, -0.2) is 0 Å². The molecule has 3 rings (SSSR count). The molecule has 1 heterocycles. The van der Waals surface area contributed by atoms with Crippen molar-refractivity contribution in [1.82, 2.24) is 14.8 Å². The number of carbonyl (C=O) groups excluding carboxylic acids is 1. The van der Waals surface area contributed by atoms with E-state index < -0.39 is 0 Å². The summed E-state index contributed by atoms with van der Waals surface area (Å²) in [7, 11) is 1.86. The lowest BCUT2D eigenvalue weighted by Crippen LogP contribution is -2.14. The van der Waals surface area contributed by atoms with Crippen LogP contribution in [0.25, 0.3) is 0 Å². The average molecular weight is 445 g/mol. The largest absolute Gasteiger partial charge is 0.486 e. The molecule has 0 radical (unpaired) electrons. The summed E-state index contributed by atoms with van der Waals surface area (Å²) in [4.78, 5) is 12.3. The summed E-state index contributed by atoms with van der Waals surface area (Å²) < 4.78 is 7.69. The first-order valence-electron chi connectivity index (χ1n) is 9.52. The van der Waals surface area contributed by atoms with E-state index in [9.17, 15) is 4.79 Å². The van der Waals surface area contributed by atoms with E-state index >= 15 is 0 Å². The Bertz CT molecular complexity index is 1060. The van der Waals surface area contributed by atoms with Crippen LogP contribution in [0, 0.1) is 27.7 Å². The monoisotopic (exact) mass is 444 g/mol. The van der Waals surface area contributed by atoms with E-state index in [1.807, 2.05) is 69.6 Å². The number of aryl methyl sites for hydroxylation is 4. The van der Waals surface area contributed by atoms with E-state index in [0.717, 1.165) is 33.1 Å². The van der Waals surface area contributed by atoms with Crippen LogP contribution < -0.4 is 10.1 Å². The number of aromatic nitrogens is 3. The van der Waals surface area contributed by atoms with E-state index in [4.69, 9.17) is 16.3 Å². The zero-order chi connectivity index (χ0) is 21.8. The smallest absolute Gasteiger partial charge is 0.234 e. The highest BCUT2D eigenvalue weighted by Gasteiger charge is 2.13.